The molecule has 0 bridgehead atoms. The lowest BCUT2D eigenvalue weighted by atomic mass is 10.2. The van der Waals surface area contributed by atoms with Crippen LogP contribution in [0.15, 0.2) is 9.59 Å². The van der Waals surface area contributed by atoms with Gasteiger partial charge in [-0.05, 0) is 47.1 Å². The molecule has 1 aromatic carbocycles. The molecule has 1 saturated heterocycles. The van der Waals surface area contributed by atoms with Gasteiger partial charge in [0.2, 0.25) is 0 Å². The molecule has 0 radical (unpaired) electrons. The maximum Gasteiger partial charge on any atom is 0.253 e. The minimum atomic E-state index is -0.388. The zero-order valence-corrected chi connectivity index (χ0v) is 15.2. The predicted molar refractivity (Wildman–Crippen MR) is 100 cm³/mol. The molecule has 7 nitrogen and oxygen atoms in total. The molecule has 0 aliphatic carbocycles. The first kappa shape index (κ1) is 18.9. The van der Waals surface area contributed by atoms with E-state index in [0.717, 1.165) is 58.7 Å². The molecule has 7 heteroatoms. The summed E-state index contributed by atoms with van der Waals surface area (Å²) >= 11 is 0. The predicted octanol–water partition coefficient (Wildman–Crippen LogP) is -0.304. The van der Waals surface area contributed by atoms with Gasteiger partial charge in [0.05, 0.1) is 0 Å². The molecule has 0 spiro atoms. The number of anilines is 2. The van der Waals surface area contributed by atoms with Gasteiger partial charge in [0.25, 0.3) is 10.9 Å². The molecule has 2 rings (SSSR count). The second-order valence-corrected chi connectivity index (χ2v) is 6.92. The van der Waals surface area contributed by atoms with E-state index >= 15 is 0 Å². The monoisotopic (exact) mass is 337 g/mol. The second kappa shape index (κ2) is 9.15. The van der Waals surface area contributed by atoms with E-state index in [1.807, 2.05) is 14.1 Å². The van der Waals surface area contributed by atoms with Crippen LogP contribution in [-0.4, -0.2) is 88.2 Å². The Morgan fingerprint density at radius 3 is 2.00 bits per heavy atom. The number of hydrogen-bond donors (Lipinski definition) is 2. The Labute approximate surface area is 144 Å². The fraction of sp³-hybridized carbons (Fsp3) is 0.765. The van der Waals surface area contributed by atoms with Gasteiger partial charge in [-0.2, -0.15) is 0 Å². The van der Waals surface area contributed by atoms with E-state index in [9.17, 15) is 9.59 Å². The van der Waals surface area contributed by atoms with E-state index in [-0.39, 0.29) is 10.9 Å². The maximum atomic E-state index is 11.7. The van der Waals surface area contributed by atoms with E-state index in [1.165, 1.54) is 0 Å². The van der Waals surface area contributed by atoms with Crippen LogP contribution >= 0.6 is 0 Å². The highest BCUT2D eigenvalue weighted by molar-refractivity contribution is 5.73. The van der Waals surface area contributed by atoms with Crippen LogP contribution in [0.3, 0.4) is 0 Å². The van der Waals surface area contributed by atoms with E-state index in [1.54, 1.807) is 0 Å². The second-order valence-electron chi connectivity index (χ2n) is 6.92. The first-order chi connectivity index (χ1) is 11.5. The zero-order valence-electron chi connectivity index (χ0n) is 15.2. The highest BCUT2D eigenvalue weighted by Gasteiger charge is 2.20. The number of nitrogens with zero attached hydrogens (tertiary/aromatic N) is 3. The normalized spacial score (nSPS) is 16.8. The zero-order chi connectivity index (χ0) is 17.5. The number of likely N-dealkylation sites (N-methyl/N-ethyl adjacent to an activating group) is 1. The minimum Gasteiger partial charge on any atom is -0.380 e. The van der Waals surface area contributed by atoms with Crippen molar-refractivity contribution in [1.29, 1.82) is 0 Å². The highest BCUT2D eigenvalue weighted by Crippen LogP contribution is 2.14. The van der Waals surface area contributed by atoms with Crippen LogP contribution in [0.5, 0.6) is 0 Å². The molecule has 1 heterocycles. The van der Waals surface area contributed by atoms with Gasteiger partial charge in [0.1, 0.15) is 11.4 Å². The molecule has 136 valence electrons. The Morgan fingerprint density at radius 1 is 0.917 bits per heavy atom. The molecule has 1 aliphatic heterocycles. The molecule has 2 N–H and O–H groups in total. The van der Waals surface area contributed by atoms with Gasteiger partial charge in [-0.25, -0.2) is 0 Å². The van der Waals surface area contributed by atoms with Gasteiger partial charge < -0.3 is 25.3 Å². The highest BCUT2D eigenvalue weighted by atomic mass is 16.2. The average Bonchev–Trinajstić information content (AvgIpc) is 2.56. The molecular formula is C17H31N5O2. The van der Waals surface area contributed by atoms with Gasteiger partial charge in [0.15, 0.2) is 0 Å². The number of piperazine rings is 1. The largest absolute Gasteiger partial charge is 0.380 e. The van der Waals surface area contributed by atoms with Crippen molar-refractivity contribution in [2.75, 3.05) is 84.1 Å². The lowest BCUT2D eigenvalue weighted by molar-refractivity contribution is 0.154. The van der Waals surface area contributed by atoms with Crippen LogP contribution in [0.4, 0.5) is 11.4 Å². The summed E-state index contributed by atoms with van der Waals surface area (Å²) in [6.45, 7) is 7.87. The van der Waals surface area contributed by atoms with Crippen LogP contribution in [0.25, 0.3) is 0 Å². The Hall–Kier alpha value is -1.44. The number of hydrogen-bond acceptors (Lipinski definition) is 7. The maximum absolute atomic E-state index is 11.7. The van der Waals surface area contributed by atoms with Crippen molar-refractivity contribution in [3.8, 4) is 0 Å². The number of rotatable bonds is 10. The average molecular weight is 337 g/mol. The van der Waals surface area contributed by atoms with Crippen molar-refractivity contribution in [1.82, 2.24) is 14.7 Å². The summed E-state index contributed by atoms with van der Waals surface area (Å²) in [5, 5.41) is 6.25. The summed E-state index contributed by atoms with van der Waals surface area (Å²) in [6.07, 6.45) is 1.91. The van der Waals surface area contributed by atoms with Crippen LogP contribution in [0.2, 0.25) is 0 Å². The molecule has 0 unspecified atom stereocenters. The van der Waals surface area contributed by atoms with E-state index < -0.39 is 0 Å². The fourth-order valence-electron chi connectivity index (χ4n) is 2.93. The third kappa shape index (κ3) is 5.29. The molecule has 0 saturated carbocycles. The summed E-state index contributed by atoms with van der Waals surface area (Å²) in [6, 6.07) is 0. The van der Waals surface area contributed by atoms with Crippen LogP contribution in [0.1, 0.15) is 12.8 Å². The lowest BCUT2D eigenvalue weighted by Crippen LogP contribution is -2.45. The van der Waals surface area contributed by atoms with Gasteiger partial charge >= 0.3 is 0 Å². The van der Waals surface area contributed by atoms with Gasteiger partial charge in [-0.15, -0.1) is 0 Å². The van der Waals surface area contributed by atoms with E-state index in [4.69, 9.17) is 0 Å². The van der Waals surface area contributed by atoms with Crippen molar-refractivity contribution in [2.24, 2.45) is 0 Å². The molecule has 0 atom stereocenters. The van der Waals surface area contributed by atoms with Crippen molar-refractivity contribution in [3.05, 3.63) is 20.4 Å². The smallest absolute Gasteiger partial charge is 0.253 e. The SMILES string of the molecule is CN(C)CCCNc1c(NCCCN2CCN(C)CC2)c(=O)c1=O. The van der Waals surface area contributed by atoms with Crippen molar-refractivity contribution in [2.45, 2.75) is 12.8 Å². The summed E-state index contributed by atoms with van der Waals surface area (Å²) in [5.74, 6) is 0. The van der Waals surface area contributed by atoms with E-state index in [2.05, 4.69) is 32.4 Å². The first-order valence-corrected chi connectivity index (χ1v) is 8.85. The molecule has 1 aromatic rings. The third-order valence-electron chi connectivity index (χ3n) is 4.54. The summed E-state index contributed by atoms with van der Waals surface area (Å²) in [4.78, 5) is 30.3. The Kier molecular flexibility index (Phi) is 7.20. The summed E-state index contributed by atoms with van der Waals surface area (Å²) < 4.78 is 0. The van der Waals surface area contributed by atoms with Crippen molar-refractivity contribution in [3.63, 3.8) is 0 Å². The molecular weight excluding hydrogens is 306 g/mol. The van der Waals surface area contributed by atoms with Gasteiger partial charge in [-0.3, -0.25) is 9.59 Å². The molecule has 1 fully saturated rings. The van der Waals surface area contributed by atoms with E-state index in [0.29, 0.717) is 17.9 Å². The molecule has 24 heavy (non-hydrogen) atoms. The Bertz CT molecular complexity index is 572. The summed E-state index contributed by atoms with van der Waals surface area (Å²) in [5.41, 5.74) is 0.174. The van der Waals surface area contributed by atoms with Crippen LogP contribution < -0.4 is 21.5 Å². The van der Waals surface area contributed by atoms with Gasteiger partial charge in [-0.1, -0.05) is 0 Å². The third-order valence-corrected chi connectivity index (χ3v) is 4.54. The topological polar surface area (TPSA) is 67.9 Å². The van der Waals surface area contributed by atoms with Crippen LogP contribution in [0, 0.1) is 0 Å². The standard InChI is InChI=1S/C17H31N5O2/c1-20(2)8-4-6-18-14-15(17(24)16(14)23)19-7-5-9-22-12-10-21(3)11-13-22/h18-19H,4-13H2,1-3H3. The van der Waals surface area contributed by atoms with Crippen molar-refractivity contribution < 1.29 is 0 Å². The van der Waals surface area contributed by atoms with Crippen LogP contribution in [-0.2, 0) is 0 Å². The summed E-state index contributed by atoms with van der Waals surface area (Å²) in [7, 11) is 6.19. The molecule has 1 aliphatic rings. The minimum absolute atomic E-state index is 0.385. The Balaban J connectivity index is 1.68. The lowest BCUT2D eigenvalue weighted by Gasteiger charge is -2.32. The molecule has 0 aromatic heterocycles. The van der Waals surface area contributed by atoms with Crippen molar-refractivity contribution >= 4 is 11.4 Å². The van der Waals surface area contributed by atoms with Gasteiger partial charge in [0, 0.05) is 39.3 Å². The molecule has 0 amide bonds. The quantitative estimate of drug-likeness (QED) is 0.449. The number of nitrogens with one attached hydrogen (secondary N) is 2. The fourth-order valence-corrected chi connectivity index (χ4v) is 2.93. The Morgan fingerprint density at radius 2 is 1.46 bits per heavy atom. The first-order valence-electron chi connectivity index (χ1n) is 8.85.